The van der Waals surface area contributed by atoms with Crippen LogP contribution in [0.2, 0.25) is 0 Å². The maximum atomic E-state index is 5.66. The predicted octanol–water partition coefficient (Wildman–Crippen LogP) is 4.38. The number of anilines is 2. The number of hydrogen-bond acceptors (Lipinski definition) is 6. The van der Waals surface area contributed by atoms with E-state index in [9.17, 15) is 0 Å². The molecule has 134 valence electrons. The maximum Gasteiger partial charge on any atom is 0.230 e. The van der Waals surface area contributed by atoms with Crippen molar-refractivity contribution in [3.8, 4) is 5.88 Å². The summed E-state index contributed by atoms with van der Waals surface area (Å²) in [5.74, 6) is 1.92. The molecule has 0 fully saturated rings. The smallest absolute Gasteiger partial charge is 0.230 e. The molecule has 0 atom stereocenters. The van der Waals surface area contributed by atoms with Crippen LogP contribution >= 0.6 is 0 Å². The summed E-state index contributed by atoms with van der Waals surface area (Å²) in [7, 11) is 0. The molecule has 4 rings (SSSR count). The number of nitrogens with one attached hydrogen (secondary N) is 1. The minimum Gasteiger partial charge on any atom is -0.473 e. The molecule has 0 aliphatic rings. The largest absolute Gasteiger partial charge is 0.473 e. The third-order valence-corrected chi connectivity index (χ3v) is 3.91. The van der Waals surface area contributed by atoms with Crippen molar-refractivity contribution >= 4 is 11.7 Å². The van der Waals surface area contributed by atoms with Crippen LogP contribution in [0, 0.1) is 0 Å². The molecular formula is C21H18N4O2. The maximum absolute atomic E-state index is 5.66. The van der Waals surface area contributed by atoms with Gasteiger partial charge in [-0.15, -0.1) is 0 Å². The van der Waals surface area contributed by atoms with E-state index in [4.69, 9.17) is 9.26 Å². The average molecular weight is 358 g/mol. The Balaban J connectivity index is 1.33. The number of nitrogens with zero attached hydrogens (tertiary/aromatic N) is 3. The van der Waals surface area contributed by atoms with Gasteiger partial charge in [0, 0.05) is 30.9 Å². The molecule has 0 aliphatic heterocycles. The van der Waals surface area contributed by atoms with E-state index in [1.165, 1.54) is 0 Å². The minimum absolute atomic E-state index is 0.486. The van der Waals surface area contributed by atoms with Crippen LogP contribution in [-0.2, 0) is 13.0 Å². The lowest BCUT2D eigenvalue weighted by Gasteiger charge is -2.05. The Morgan fingerprint density at radius 3 is 2.37 bits per heavy atom. The normalized spacial score (nSPS) is 10.5. The Hall–Kier alpha value is -3.67. The highest BCUT2D eigenvalue weighted by molar-refractivity contribution is 5.49. The van der Waals surface area contributed by atoms with E-state index in [0.717, 1.165) is 22.6 Å². The van der Waals surface area contributed by atoms with Gasteiger partial charge in [0.15, 0.2) is 0 Å². The first kappa shape index (κ1) is 16.8. The molecule has 0 aliphatic carbocycles. The second-order valence-corrected chi connectivity index (χ2v) is 5.97. The molecule has 1 N–H and O–H groups in total. The van der Waals surface area contributed by atoms with Gasteiger partial charge in [-0.1, -0.05) is 41.6 Å². The summed E-state index contributed by atoms with van der Waals surface area (Å²) in [6.45, 7) is 0.486. The molecule has 4 aromatic rings. The van der Waals surface area contributed by atoms with E-state index in [-0.39, 0.29) is 0 Å². The van der Waals surface area contributed by atoms with E-state index in [0.29, 0.717) is 24.8 Å². The number of aromatic nitrogens is 3. The zero-order valence-electron chi connectivity index (χ0n) is 14.6. The monoisotopic (exact) mass is 358 g/mol. The summed E-state index contributed by atoms with van der Waals surface area (Å²) in [6, 6.07) is 21.4. The van der Waals surface area contributed by atoms with Crippen LogP contribution in [-0.4, -0.2) is 15.1 Å². The highest BCUT2D eigenvalue weighted by Crippen LogP contribution is 2.18. The average Bonchev–Trinajstić information content (AvgIpc) is 3.16. The topological polar surface area (TPSA) is 73.1 Å². The molecule has 1 aromatic carbocycles. The van der Waals surface area contributed by atoms with Gasteiger partial charge in [-0.25, -0.2) is 9.97 Å². The van der Waals surface area contributed by atoms with Crippen LogP contribution < -0.4 is 10.1 Å². The molecule has 0 unspecified atom stereocenters. The van der Waals surface area contributed by atoms with Crippen molar-refractivity contribution in [2.24, 2.45) is 0 Å². The molecule has 0 radical (unpaired) electrons. The minimum atomic E-state index is 0.486. The van der Waals surface area contributed by atoms with Crippen LogP contribution in [0.25, 0.3) is 0 Å². The molecule has 0 spiro atoms. The van der Waals surface area contributed by atoms with Gasteiger partial charge in [0.25, 0.3) is 0 Å². The third-order valence-electron chi connectivity index (χ3n) is 3.91. The van der Waals surface area contributed by atoms with Gasteiger partial charge < -0.3 is 14.6 Å². The van der Waals surface area contributed by atoms with Crippen LogP contribution in [0.5, 0.6) is 5.88 Å². The predicted molar refractivity (Wildman–Crippen MR) is 102 cm³/mol. The summed E-state index contributed by atoms with van der Waals surface area (Å²) in [6.07, 6.45) is 4.13. The van der Waals surface area contributed by atoms with Crippen LogP contribution in [0.4, 0.5) is 11.7 Å². The fourth-order valence-corrected chi connectivity index (χ4v) is 2.57. The van der Waals surface area contributed by atoms with Crippen molar-refractivity contribution in [1.82, 2.24) is 15.1 Å². The molecule has 6 heteroatoms. The zero-order valence-corrected chi connectivity index (χ0v) is 14.6. The number of pyridine rings is 2. The van der Waals surface area contributed by atoms with E-state index in [2.05, 4.69) is 32.6 Å². The van der Waals surface area contributed by atoms with Crippen molar-refractivity contribution in [3.63, 3.8) is 0 Å². The van der Waals surface area contributed by atoms with Crippen LogP contribution in [0.3, 0.4) is 0 Å². The zero-order chi connectivity index (χ0) is 18.3. The van der Waals surface area contributed by atoms with Gasteiger partial charge in [0.1, 0.15) is 12.4 Å². The van der Waals surface area contributed by atoms with Crippen molar-refractivity contribution < 1.29 is 9.26 Å². The second-order valence-electron chi connectivity index (χ2n) is 5.97. The standard InChI is InChI=1S/C21H18N4O2/c1-3-11-22-19(5-1)24-21-14-18(25-27-21)13-16-7-9-17(10-8-16)15-26-20-6-2-4-12-23-20/h1-12,14H,13,15H2,(H,22,24). The summed E-state index contributed by atoms with van der Waals surface area (Å²) in [5, 5.41) is 7.20. The van der Waals surface area contributed by atoms with Crippen LogP contribution in [0.1, 0.15) is 16.8 Å². The summed E-state index contributed by atoms with van der Waals surface area (Å²) in [5.41, 5.74) is 3.09. The number of ether oxygens (including phenoxy) is 1. The van der Waals surface area contributed by atoms with Crippen molar-refractivity contribution in [3.05, 3.63) is 95.9 Å². The Morgan fingerprint density at radius 2 is 1.63 bits per heavy atom. The molecule has 3 heterocycles. The van der Waals surface area contributed by atoms with Gasteiger partial charge in [-0.2, -0.15) is 0 Å². The molecular weight excluding hydrogens is 340 g/mol. The lowest BCUT2D eigenvalue weighted by Crippen LogP contribution is -1.97. The lowest BCUT2D eigenvalue weighted by molar-refractivity contribution is 0.294. The number of benzene rings is 1. The fourth-order valence-electron chi connectivity index (χ4n) is 2.57. The van der Waals surface area contributed by atoms with Crippen molar-refractivity contribution in [2.75, 3.05) is 5.32 Å². The fraction of sp³-hybridized carbons (Fsp3) is 0.0952. The first-order valence-corrected chi connectivity index (χ1v) is 8.60. The molecule has 0 saturated carbocycles. The highest BCUT2D eigenvalue weighted by atomic mass is 16.5. The summed E-state index contributed by atoms with van der Waals surface area (Å²) < 4.78 is 11.0. The van der Waals surface area contributed by atoms with E-state index in [1.807, 2.05) is 54.6 Å². The molecule has 0 amide bonds. The first-order chi connectivity index (χ1) is 13.3. The lowest BCUT2D eigenvalue weighted by atomic mass is 10.1. The Kier molecular flexibility index (Phi) is 5.06. The number of hydrogen-bond donors (Lipinski definition) is 1. The summed E-state index contributed by atoms with van der Waals surface area (Å²) in [4.78, 5) is 8.35. The Morgan fingerprint density at radius 1 is 0.852 bits per heavy atom. The Labute approximate surface area is 156 Å². The first-order valence-electron chi connectivity index (χ1n) is 8.60. The van der Waals surface area contributed by atoms with Gasteiger partial charge in [0.2, 0.25) is 11.8 Å². The highest BCUT2D eigenvalue weighted by Gasteiger charge is 2.06. The van der Waals surface area contributed by atoms with Crippen molar-refractivity contribution in [1.29, 1.82) is 0 Å². The molecule has 0 saturated heterocycles. The quantitative estimate of drug-likeness (QED) is 0.529. The third kappa shape index (κ3) is 4.70. The van der Waals surface area contributed by atoms with Crippen molar-refractivity contribution in [2.45, 2.75) is 13.0 Å². The van der Waals surface area contributed by atoms with E-state index in [1.54, 1.807) is 12.4 Å². The SMILES string of the molecule is c1ccc(Nc2cc(Cc3ccc(COc4ccccn4)cc3)no2)nc1. The molecule has 0 bridgehead atoms. The van der Waals surface area contributed by atoms with Gasteiger partial charge >= 0.3 is 0 Å². The van der Waals surface area contributed by atoms with Gasteiger partial charge in [-0.3, -0.25) is 0 Å². The van der Waals surface area contributed by atoms with E-state index < -0.39 is 0 Å². The van der Waals surface area contributed by atoms with Gasteiger partial charge in [0.05, 0.1) is 5.69 Å². The number of rotatable bonds is 7. The van der Waals surface area contributed by atoms with Crippen LogP contribution in [0.15, 0.2) is 83.6 Å². The summed E-state index contributed by atoms with van der Waals surface area (Å²) >= 11 is 0. The second kappa shape index (κ2) is 8.14. The molecule has 27 heavy (non-hydrogen) atoms. The van der Waals surface area contributed by atoms with E-state index >= 15 is 0 Å². The molecule has 6 nitrogen and oxygen atoms in total. The van der Waals surface area contributed by atoms with Gasteiger partial charge in [-0.05, 0) is 29.3 Å². The Bertz CT molecular complexity index is 970. The molecule has 3 aromatic heterocycles.